The van der Waals surface area contributed by atoms with Gasteiger partial charge in [0.15, 0.2) is 0 Å². The summed E-state index contributed by atoms with van der Waals surface area (Å²) in [5.41, 5.74) is 15.8. The molecule has 0 bridgehead atoms. The van der Waals surface area contributed by atoms with Gasteiger partial charge in [-0.3, -0.25) is 0 Å². The highest BCUT2D eigenvalue weighted by Gasteiger charge is 2.39. The molecule has 0 N–H and O–H groups in total. The van der Waals surface area contributed by atoms with Gasteiger partial charge in [-0.1, -0.05) is 146 Å². The largest absolute Gasteiger partial charge is 0.310 e. The summed E-state index contributed by atoms with van der Waals surface area (Å²) in [4.78, 5) is 2.45. The Labute approximate surface area is 336 Å². The van der Waals surface area contributed by atoms with E-state index < -0.39 is 0 Å². The first kappa shape index (κ1) is 34.1. The minimum Gasteiger partial charge on any atom is -0.310 e. The second-order valence-electron chi connectivity index (χ2n) is 18.7. The number of hydrogen-bond acceptors (Lipinski definition) is 1. The molecule has 0 unspecified atom stereocenters. The summed E-state index contributed by atoms with van der Waals surface area (Å²) in [5, 5.41) is 10.4. The Bertz CT molecular complexity index is 3150. The van der Waals surface area contributed by atoms with E-state index >= 15 is 0 Å². The molecule has 2 aliphatic rings. The van der Waals surface area contributed by atoms with Gasteiger partial charge in [0.1, 0.15) is 0 Å². The zero-order valence-corrected chi connectivity index (χ0v) is 34.0. The van der Waals surface area contributed by atoms with Crippen molar-refractivity contribution in [1.29, 1.82) is 0 Å². The molecule has 9 aromatic rings. The molecule has 276 valence electrons. The SMILES string of the molecule is CC(C)(C)c1ccc(N(c2ccc3cc4c(cc3c2)C(C)(C)c2cc3ccccc3cc2-4)c2ccc3c4c(ccc3c2)-c2ccc3ccccc3c2C4(C)C)cc1. The van der Waals surface area contributed by atoms with E-state index in [1.807, 2.05) is 0 Å². The number of hydrogen-bond donors (Lipinski definition) is 0. The molecule has 57 heavy (non-hydrogen) atoms. The van der Waals surface area contributed by atoms with Crippen LogP contribution in [0, 0.1) is 0 Å². The molecule has 0 radical (unpaired) electrons. The number of anilines is 3. The first-order valence-corrected chi connectivity index (χ1v) is 20.5. The second kappa shape index (κ2) is 11.7. The van der Waals surface area contributed by atoms with E-state index in [1.54, 1.807) is 0 Å². The predicted molar refractivity (Wildman–Crippen MR) is 245 cm³/mol. The lowest BCUT2D eigenvalue weighted by Crippen LogP contribution is -2.16. The number of nitrogens with zero attached hydrogens (tertiary/aromatic N) is 1. The first-order chi connectivity index (χ1) is 27.4. The van der Waals surface area contributed by atoms with Crippen LogP contribution in [0.5, 0.6) is 0 Å². The van der Waals surface area contributed by atoms with Gasteiger partial charge in [-0.15, -0.1) is 0 Å². The van der Waals surface area contributed by atoms with Crippen LogP contribution in [0.3, 0.4) is 0 Å². The molecule has 0 aromatic heterocycles. The lowest BCUT2D eigenvalue weighted by atomic mass is 9.78. The van der Waals surface area contributed by atoms with Crippen molar-refractivity contribution in [3.8, 4) is 22.3 Å². The van der Waals surface area contributed by atoms with Crippen LogP contribution in [0.25, 0.3) is 65.3 Å². The second-order valence-corrected chi connectivity index (χ2v) is 18.7. The van der Waals surface area contributed by atoms with Crippen molar-refractivity contribution in [2.24, 2.45) is 0 Å². The van der Waals surface area contributed by atoms with Crippen LogP contribution in [-0.2, 0) is 16.2 Å². The third kappa shape index (κ3) is 4.94. The highest BCUT2D eigenvalue weighted by Crippen LogP contribution is 2.55. The smallest absolute Gasteiger partial charge is 0.0468 e. The summed E-state index contributed by atoms with van der Waals surface area (Å²) in [7, 11) is 0. The average molecular weight is 734 g/mol. The van der Waals surface area contributed by atoms with E-state index in [0.29, 0.717) is 0 Å². The van der Waals surface area contributed by atoms with Gasteiger partial charge in [-0.05, 0) is 159 Å². The van der Waals surface area contributed by atoms with Gasteiger partial charge in [0, 0.05) is 27.9 Å². The number of fused-ring (bicyclic) bond motifs is 12. The van der Waals surface area contributed by atoms with Gasteiger partial charge in [0.25, 0.3) is 0 Å². The third-order valence-electron chi connectivity index (χ3n) is 13.5. The molecular weight excluding hydrogens is 687 g/mol. The van der Waals surface area contributed by atoms with Crippen LogP contribution in [0.2, 0.25) is 0 Å². The maximum atomic E-state index is 2.47. The number of rotatable bonds is 3. The molecule has 9 aromatic carbocycles. The zero-order chi connectivity index (χ0) is 39.0. The summed E-state index contributed by atoms with van der Waals surface area (Å²) < 4.78 is 0. The van der Waals surface area contributed by atoms with Crippen molar-refractivity contribution < 1.29 is 0 Å². The molecule has 0 aliphatic heterocycles. The van der Waals surface area contributed by atoms with E-state index in [4.69, 9.17) is 0 Å². The van der Waals surface area contributed by atoms with Crippen molar-refractivity contribution >= 4 is 60.2 Å². The number of benzene rings is 9. The Morgan fingerprint density at radius 1 is 0.368 bits per heavy atom. The summed E-state index contributed by atoms with van der Waals surface area (Å²) in [5.74, 6) is 0. The molecule has 0 heterocycles. The Morgan fingerprint density at radius 2 is 0.842 bits per heavy atom. The standard InChI is InChI=1S/C56H47N/c1-54(2,3)40-19-22-41(23-20-40)57(42-21-16-37-31-49-48-30-35-13-8-9-14-36(35)32-50(48)55(4,5)51(49)33-39(37)29-42)43-24-27-45-38(28-43)18-26-47-46-25-17-34-12-10-11-15-44(34)52(46)56(6,7)53(45)47/h8-33H,1-7H3. The third-order valence-corrected chi connectivity index (χ3v) is 13.5. The lowest BCUT2D eigenvalue weighted by Gasteiger charge is -2.28. The fourth-order valence-corrected chi connectivity index (χ4v) is 10.5. The average Bonchev–Trinajstić information content (AvgIpc) is 3.58. The van der Waals surface area contributed by atoms with Crippen LogP contribution < -0.4 is 4.90 Å². The molecule has 0 atom stereocenters. The van der Waals surface area contributed by atoms with E-state index in [9.17, 15) is 0 Å². The summed E-state index contributed by atoms with van der Waals surface area (Å²) >= 11 is 0. The van der Waals surface area contributed by atoms with Crippen LogP contribution >= 0.6 is 0 Å². The maximum absolute atomic E-state index is 2.47. The Morgan fingerprint density at radius 3 is 1.49 bits per heavy atom. The normalized spacial score (nSPS) is 14.9. The van der Waals surface area contributed by atoms with E-state index in [2.05, 4.69) is 211 Å². The summed E-state index contributed by atoms with van der Waals surface area (Å²) in [6, 6.07) is 60.0. The topological polar surface area (TPSA) is 3.24 Å². The highest BCUT2D eigenvalue weighted by atomic mass is 15.1. The van der Waals surface area contributed by atoms with E-state index in [-0.39, 0.29) is 16.2 Å². The molecule has 0 saturated heterocycles. The van der Waals surface area contributed by atoms with Crippen molar-refractivity contribution in [2.45, 2.75) is 64.7 Å². The fraction of sp³-hybridized carbons (Fsp3) is 0.179. The van der Waals surface area contributed by atoms with Gasteiger partial charge < -0.3 is 4.90 Å². The van der Waals surface area contributed by atoms with Crippen molar-refractivity contribution in [2.75, 3.05) is 4.90 Å². The van der Waals surface area contributed by atoms with Crippen LogP contribution in [0.15, 0.2) is 158 Å². The van der Waals surface area contributed by atoms with Gasteiger partial charge in [-0.25, -0.2) is 0 Å². The van der Waals surface area contributed by atoms with Crippen LogP contribution in [0.4, 0.5) is 17.1 Å². The molecular formula is C56H47N. The van der Waals surface area contributed by atoms with E-state index in [1.165, 1.54) is 93.2 Å². The first-order valence-electron chi connectivity index (χ1n) is 20.5. The van der Waals surface area contributed by atoms with Crippen LogP contribution in [-0.4, -0.2) is 0 Å². The summed E-state index contributed by atoms with van der Waals surface area (Å²) in [6.07, 6.45) is 0. The van der Waals surface area contributed by atoms with Gasteiger partial charge in [-0.2, -0.15) is 0 Å². The molecule has 11 rings (SSSR count). The van der Waals surface area contributed by atoms with Gasteiger partial charge in [0.05, 0.1) is 0 Å². The Hall–Kier alpha value is -6.18. The molecule has 0 spiro atoms. The predicted octanol–water partition coefficient (Wildman–Crippen LogP) is 15.7. The van der Waals surface area contributed by atoms with Crippen molar-refractivity contribution in [3.05, 3.63) is 186 Å². The quantitative estimate of drug-likeness (QED) is 0.175. The molecule has 0 amide bonds. The lowest BCUT2D eigenvalue weighted by molar-refractivity contribution is 0.590. The Balaban J connectivity index is 1.07. The zero-order valence-electron chi connectivity index (χ0n) is 34.0. The highest BCUT2D eigenvalue weighted by molar-refractivity contribution is 6.05. The monoisotopic (exact) mass is 733 g/mol. The van der Waals surface area contributed by atoms with Crippen LogP contribution in [0.1, 0.15) is 76.3 Å². The van der Waals surface area contributed by atoms with E-state index in [0.717, 1.165) is 17.1 Å². The van der Waals surface area contributed by atoms with Crippen molar-refractivity contribution in [3.63, 3.8) is 0 Å². The Kier molecular flexibility index (Phi) is 6.99. The molecule has 0 fully saturated rings. The molecule has 0 saturated carbocycles. The molecule has 2 aliphatic carbocycles. The van der Waals surface area contributed by atoms with Crippen molar-refractivity contribution in [1.82, 2.24) is 0 Å². The molecule has 1 nitrogen and oxygen atoms in total. The maximum Gasteiger partial charge on any atom is 0.0468 e. The minimum atomic E-state index is -0.131. The summed E-state index contributed by atoms with van der Waals surface area (Å²) in [6.45, 7) is 16.5. The van der Waals surface area contributed by atoms with Gasteiger partial charge in [0.2, 0.25) is 0 Å². The molecule has 1 heteroatoms. The minimum absolute atomic E-state index is 0.0714. The van der Waals surface area contributed by atoms with Gasteiger partial charge >= 0.3 is 0 Å². The fourth-order valence-electron chi connectivity index (χ4n) is 10.5.